The van der Waals surface area contributed by atoms with Gasteiger partial charge in [-0.15, -0.1) is 11.6 Å². The molecule has 1 heterocycles. The minimum absolute atomic E-state index is 0.166. The van der Waals surface area contributed by atoms with E-state index in [1.165, 1.54) is 0 Å². The summed E-state index contributed by atoms with van der Waals surface area (Å²) in [5.74, 6) is -0.0394. The molecule has 0 saturated carbocycles. The third kappa shape index (κ3) is 2.38. The first-order valence-corrected chi connectivity index (χ1v) is 5.97. The van der Waals surface area contributed by atoms with Gasteiger partial charge in [-0.25, -0.2) is 0 Å². The van der Waals surface area contributed by atoms with Crippen molar-refractivity contribution in [3.63, 3.8) is 0 Å². The van der Waals surface area contributed by atoms with Crippen molar-refractivity contribution < 1.29 is 5.11 Å². The number of benzene rings is 1. The second-order valence-electron chi connectivity index (χ2n) is 4.14. The summed E-state index contributed by atoms with van der Waals surface area (Å²) >= 11 is 5.83. The van der Waals surface area contributed by atoms with Crippen molar-refractivity contribution in [2.24, 2.45) is 0 Å². The molecular formula is C13H13ClN2O2. The molecule has 94 valence electrons. The molecule has 2 rings (SSSR count). The summed E-state index contributed by atoms with van der Waals surface area (Å²) in [7, 11) is 0. The number of H-pyrrole nitrogens is 1. The Hall–Kier alpha value is -1.81. The maximum atomic E-state index is 12.0. The van der Waals surface area contributed by atoms with Crippen molar-refractivity contribution in [1.82, 2.24) is 9.97 Å². The average molecular weight is 265 g/mol. The largest absolute Gasteiger partial charge is 0.493 e. The zero-order valence-corrected chi connectivity index (χ0v) is 10.8. The van der Waals surface area contributed by atoms with Gasteiger partial charge in [-0.05, 0) is 19.4 Å². The molecule has 18 heavy (non-hydrogen) atoms. The lowest BCUT2D eigenvalue weighted by molar-refractivity contribution is 0.450. The Bertz CT molecular complexity index is 635. The molecular weight excluding hydrogens is 252 g/mol. The minimum Gasteiger partial charge on any atom is -0.493 e. The van der Waals surface area contributed by atoms with Crippen molar-refractivity contribution in [2.45, 2.75) is 19.2 Å². The number of aromatic hydroxyl groups is 1. The molecule has 0 radical (unpaired) electrons. The second kappa shape index (κ2) is 4.82. The van der Waals surface area contributed by atoms with Crippen molar-refractivity contribution in [3.05, 3.63) is 46.0 Å². The monoisotopic (exact) mass is 264 g/mol. The van der Waals surface area contributed by atoms with Gasteiger partial charge in [0.2, 0.25) is 5.88 Å². The number of aromatic amines is 1. The number of hydrogen-bond acceptors (Lipinski definition) is 3. The quantitative estimate of drug-likeness (QED) is 0.820. The predicted octanol–water partition coefficient (Wildman–Crippen LogP) is 2.75. The Balaban J connectivity index is 2.63. The number of nitrogens with zero attached hydrogens (tertiary/aromatic N) is 1. The van der Waals surface area contributed by atoms with Crippen LogP contribution in [0.3, 0.4) is 0 Å². The summed E-state index contributed by atoms with van der Waals surface area (Å²) < 4.78 is 0. The van der Waals surface area contributed by atoms with Gasteiger partial charge in [-0.1, -0.05) is 29.8 Å². The van der Waals surface area contributed by atoms with E-state index in [9.17, 15) is 9.90 Å². The maximum Gasteiger partial charge on any atom is 0.262 e. The van der Waals surface area contributed by atoms with Crippen molar-refractivity contribution >= 4 is 11.6 Å². The van der Waals surface area contributed by atoms with Gasteiger partial charge >= 0.3 is 0 Å². The first kappa shape index (κ1) is 12.6. The van der Waals surface area contributed by atoms with Crippen LogP contribution in [0.5, 0.6) is 5.88 Å². The van der Waals surface area contributed by atoms with Gasteiger partial charge in [0.15, 0.2) is 0 Å². The summed E-state index contributed by atoms with van der Waals surface area (Å²) in [4.78, 5) is 18.4. The molecule has 1 atom stereocenters. The summed E-state index contributed by atoms with van der Waals surface area (Å²) in [6.45, 7) is 3.59. The lowest BCUT2D eigenvalue weighted by atomic mass is 10.1. The lowest BCUT2D eigenvalue weighted by Crippen LogP contribution is -2.14. The van der Waals surface area contributed by atoms with E-state index in [-0.39, 0.29) is 17.3 Å². The number of halogens is 1. The number of hydrogen-bond donors (Lipinski definition) is 2. The van der Waals surface area contributed by atoms with E-state index in [2.05, 4.69) is 9.97 Å². The van der Waals surface area contributed by atoms with Crippen LogP contribution in [0.1, 0.15) is 23.7 Å². The molecule has 0 aliphatic carbocycles. The van der Waals surface area contributed by atoms with E-state index < -0.39 is 10.9 Å². The molecule has 0 saturated heterocycles. The highest BCUT2D eigenvalue weighted by Crippen LogP contribution is 2.25. The van der Waals surface area contributed by atoms with E-state index >= 15 is 0 Å². The molecule has 2 N–H and O–H groups in total. The fourth-order valence-electron chi connectivity index (χ4n) is 1.73. The smallest absolute Gasteiger partial charge is 0.262 e. The molecule has 2 aromatic rings. The zero-order chi connectivity index (χ0) is 13.3. The molecule has 1 aromatic heterocycles. The molecule has 1 aromatic carbocycles. The molecule has 0 spiro atoms. The van der Waals surface area contributed by atoms with Gasteiger partial charge < -0.3 is 10.1 Å². The van der Waals surface area contributed by atoms with Crippen molar-refractivity contribution in [3.8, 4) is 17.0 Å². The second-order valence-corrected chi connectivity index (χ2v) is 4.79. The SMILES string of the molecule is Cc1cccc(-c2c(O)nc(C(C)Cl)[nH]c2=O)c1. The molecule has 1 unspecified atom stereocenters. The molecule has 5 heteroatoms. The molecule has 0 aliphatic heterocycles. The van der Waals surface area contributed by atoms with Crippen LogP contribution in [0, 0.1) is 6.92 Å². The van der Waals surface area contributed by atoms with E-state index in [0.717, 1.165) is 5.56 Å². The van der Waals surface area contributed by atoms with Crippen LogP contribution in [0.4, 0.5) is 0 Å². The highest BCUT2D eigenvalue weighted by Gasteiger charge is 2.15. The number of nitrogens with one attached hydrogen (secondary N) is 1. The highest BCUT2D eigenvalue weighted by molar-refractivity contribution is 6.20. The van der Waals surface area contributed by atoms with Crippen LogP contribution in [-0.4, -0.2) is 15.1 Å². The van der Waals surface area contributed by atoms with Gasteiger partial charge in [-0.3, -0.25) is 4.79 Å². The van der Waals surface area contributed by atoms with Gasteiger partial charge in [-0.2, -0.15) is 4.98 Å². The van der Waals surface area contributed by atoms with Crippen LogP contribution in [0.25, 0.3) is 11.1 Å². The maximum absolute atomic E-state index is 12.0. The number of rotatable bonds is 2. The van der Waals surface area contributed by atoms with Gasteiger partial charge in [0.25, 0.3) is 5.56 Å². The molecule has 0 aliphatic rings. The van der Waals surface area contributed by atoms with Crippen molar-refractivity contribution in [2.75, 3.05) is 0 Å². The van der Waals surface area contributed by atoms with E-state index in [1.54, 1.807) is 13.0 Å². The summed E-state index contributed by atoms with van der Waals surface area (Å²) in [6, 6.07) is 7.30. The first-order chi connectivity index (χ1) is 8.49. The number of alkyl halides is 1. The summed E-state index contributed by atoms with van der Waals surface area (Å²) in [5.41, 5.74) is 1.41. The van der Waals surface area contributed by atoms with Crippen LogP contribution in [0.2, 0.25) is 0 Å². The minimum atomic E-state index is -0.463. The van der Waals surface area contributed by atoms with E-state index in [4.69, 9.17) is 11.6 Å². The van der Waals surface area contributed by atoms with Gasteiger partial charge in [0.1, 0.15) is 11.4 Å². The van der Waals surface area contributed by atoms with Crippen LogP contribution < -0.4 is 5.56 Å². The van der Waals surface area contributed by atoms with Crippen molar-refractivity contribution in [1.29, 1.82) is 0 Å². The van der Waals surface area contributed by atoms with E-state index in [0.29, 0.717) is 5.56 Å². The summed E-state index contributed by atoms with van der Waals surface area (Å²) in [5, 5.41) is 9.41. The highest BCUT2D eigenvalue weighted by atomic mass is 35.5. The van der Waals surface area contributed by atoms with Gasteiger partial charge in [0.05, 0.1) is 5.38 Å². The molecule has 0 bridgehead atoms. The summed E-state index contributed by atoms with van der Waals surface area (Å²) in [6.07, 6.45) is 0. The Labute approximate surface area is 109 Å². The molecule has 4 nitrogen and oxygen atoms in total. The fraction of sp³-hybridized carbons (Fsp3) is 0.231. The van der Waals surface area contributed by atoms with Crippen LogP contribution in [0.15, 0.2) is 29.1 Å². The first-order valence-electron chi connectivity index (χ1n) is 5.53. The normalized spacial score (nSPS) is 12.4. The molecule has 0 amide bonds. The van der Waals surface area contributed by atoms with Crippen LogP contribution in [-0.2, 0) is 0 Å². The Morgan fingerprint density at radius 3 is 2.72 bits per heavy atom. The third-order valence-electron chi connectivity index (χ3n) is 2.60. The topological polar surface area (TPSA) is 66.0 Å². The fourth-order valence-corrected chi connectivity index (χ4v) is 1.83. The Kier molecular flexibility index (Phi) is 3.39. The standard InChI is InChI=1S/C13H13ClN2O2/c1-7-4-3-5-9(6-7)10-12(17)15-11(8(2)14)16-13(10)18/h3-6,8H,1-2H3,(H2,15,16,17,18). The average Bonchev–Trinajstić information content (AvgIpc) is 2.27. The zero-order valence-electron chi connectivity index (χ0n) is 10.1. The molecule has 0 fully saturated rings. The third-order valence-corrected chi connectivity index (χ3v) is 2.81. The number of aryl methyl sites for hydroxylation is 1. The van der Waals surface area contributed by atoms with E-state index in [1.807, 2.05) is 25.1 Å². The van der Waals surface area contributed by atoms with Gasteiger partial charge in [0, 0.05) is 0 Å². The van der Waals surface area contributed by atoms with Crippen LogP contribution >= 0.6 is 11.6 Å². The Morgan fingerprint density at radius 2 is 2.17 bits per heavy atom. The lowest BCUT2D eigenvalue weighted by Gasteiger charge is -2.07. The predicted molar refractivity (Wildman–Crippen MR) is 71.0 cm³/mol. The Morgan fingerprint density at radius 1 is 1.44 bits per heavy atom. The number of aromatic nitrogens is 2.